The minimum atomic E-state index is -1.08. The summed E-state index contributed by atoms with van der Waals surface area (Å²) in [6.07, 6.45) is 0.213. The maximum absolute atomic E-state index is 12.3. The quantitative estimate of drug-likeness (QED) is 0.757. The zero-order chi connectivity index (χ0) is 18.2. The summed E-state index contributed by atoms with van der Waals surface area (Å²) in [6.45, 7) is 2.25. The summed E-state index contributed by atoms with van der Waals surface area (Å²) in [7, 11) is 0. The number of halogens is 1. The molecule has 5 nitrogen and oxygen atoms in total. The van der Waals surface area contributed by atoms with Gasteiger partial charge in [0.25, 0.3) is 0 Å². The van der Waals surface area contributed by atoms with Crippen LogP contribution in [0.15, 0.2) is 48.5 Å². The van der Waals surface area contributed by atoms with Gasteiger partial charge < -0.3 is 15.2 Å². The number of hydrogen-bond donors (Lipinski definition) is 2. The fraction of sp³-hybridized carbons (Fsp3) is 0.263. The lowest BCUT2D eigenvalue weighted by molar-refractivity contribution is -0.141. The maximum Gasteiger partial charge on any atom is 0.326 e. The van der Waals surface area contributed by atoms with Crippen molar-refractivity contribution in [3.05, 3.63) is 64.7 Å². The van der Waals surface area contributed by atoms with Gasteiger partial charge in [-0.05, 0) is 18.6 Å². The van der Waals surface area contributed by atoms with Crippen LogP contribution in [0.1, 0.15) is 18.1 Å². The molecule has 0 radical (unpaired) electrons. The monoisotopic (exact) mass is 361 g/mol. The molecule has 0 unspecified atom stereocenters. The topological polar surface area (TPSA) is 75.6 Å². The average Bonchev–Trinajstić information content (AvgIpc) is 2.58. The van der Waals surface area contributed by atoms with Crippen LogP contribution in [0.4, 0.5) is 0 Å². The van der Waals surface area contributed by atoms with Crippen molar-refractivity contribution in [1.29, 1.82) is 0 Å². The first kappa shape index (κ1) is 18.8. The second-order valence-electron chi connectivity index (χ2n) is 5.49. The van der Waals surface area contributed by atoms with Gasteiger partial charge in [-0.2, -0.15) is 0 Å². The van der Waals surface area contributed by atoms with Crippen LogP contribution in [0.25, 0.3) is 0 Å². The standard InChI is InChI=1S/C19H20ClNO4/c1-2-25-18-14(9-6-10-15(18)20)12-17(22)21-16(19(23)24)11-13-7-4-3-5-8-13/h3-10,16H,2,11-12H2,1H3,(H,21,22)(H,23,24)/t16-/m1/s1. The highest BCUT2D eigenvalue weighted by Gasteiger charge is 2.21. The molecule has 0 saturated carbocycles. The van der Waals surface area contributed by atoms with Crippen LogP contribution in [0.2, 0.25) is 5.02 Å². The molecule has 0 bridgehead atoms. The first-order valence-electron chi connectivity index (χ1n) is 7.97. The molecule has 0 spiro atoms. The summed E-state index contributed by atoms with van der Waals surface area (Å²) in [6, 6.07) is 13.3. The third-order valence-electron chi connectivity index (χ3n) is 3.60. The lowest BCUT2D eigenvalue weighted by Gasteiger charge is -2.16. The lowest BCUT2D eigenvalue weighted by atomic mass is 10.1. The van der Waals surface area contributed by atoms with Crippen LogP contribution in [-0.2, 0) is 22.4 Å². The van der Waals surface area contributed by atoms with E-state index in [1.165, 1.54) is 0 Å². The number of para-hydroxylation sites is 1. The fourth-order valence-electron chi connectivity index (χ4n) is 2.47. The fourth-order valence-corrected chi connectivity index (χ4v) is 2.72. The van der Waals surface area contributed by atoms with E-state index in [1.54, 1.807) is 18.2 Å². The van der Waals surface area contributed by atoms with Gasteiger partial charge in [0.05, 0.1) is 18.1 Å². The minimum Gasteiger partial charge on any atom is -0.492 e. The SMILES string of the molecule is CCOc1c(Cl)cccc1CC(=O)N[C@H](Cc1ccccc1)C(=O)O. The molecule has 0 heterocycles. The van der Waals surface area contributed by atoms with Crippen molar-refractivity contribution < 1.29 is 19.4 Å². The van der Waals surface area contributed by atoms with Crippen molar-refractivity contribution in [2.75, 3.05) is 6.61 Å². The van der Waals surface area contributed by atoms with Gasteiger partial charge in [0.2, 0.25) is 5.91 Å². The molecule has 2 N–H and O–H groups in total. The molecule has 0 fully saturated rings. The van der Waals surface area contributed by atoms with Crippen LogP contribution in [0.3, 0.4) is 0 Å². The van der Waals surface area contributed by atoms with Crippen molar-refractivity contribution >= 4 is 23.5 Å². The summed E-state index contributed by atoms with van der Waals surface area (Å²) >= 11 is 6.10. The molecule has 0 aliphatic carbocycles. The number of carboxylic acids is 1. The van der Waals surface area contributed by atoms with Gasteiger partial charge in [-0.3, -0.25) is 4.79 Å². The maximum atomic E-state index is 12.3. The normalized spacial score (nSPS) is 11.6. The predicted octanol–water partition coefficient (Wildman–Crippen LogP) is 3.09. The van der Waals surface area contributed by atoms with Crippen LogP contribution >= 0.6 is 11.6 Å². The highest BCUT2D eigenvalue weighted by atomic mass is 35.5. The number of benzene rings is 2. The van der Waals surface area contributed by atoms with Gasteiger partial charge in [-0.15, -0.1) is 0 Å². The van der Waals surface area contributed by atoms with Gasteiger partial charge in [0.1, 0.15) is 11.8 Å². The van der Waals surface area contributed by atoms with Crippen molar-refractivity contribution in [3.63, 3.8) is 0 Å². The zero-order valence-corrected chi connectivity index (χ0v) is 14.6. The predicted molar refractivity (Wildman–Crippen MR) is 96.0 cm³/mol. The Bertz CT molecular complexity index is 733. The molecular weight excluding hydrogens is 342 g/mol. The first-order valence-corrected chi connectivity index (χ1v) is 8.35. The first-order chi connectivity index (χ1) is 12.0. The number of hydrogen-bond acceptors (Lipinski definition) is 3. The number of carbonyl (C=O) groups excluding carboxylic acids is 1. The van der Waals surface area contributed by atoms with E-state index in [-0.39, 0.29) is 12.8 Å². The van der Waals surface area contributed by atoms with E-state index in [0.29, 0.717) is 22.9 Å². The molecule has 25 heavy (non-hydrogen) atoms. The molecule has 2 rings (SSSR count). The summed E-state index contributed by atoms with van der Waals surface area (Å²) in [5.74, 6) is -1.02. The van der Waals surface area contributed by atoms with Crippen LogP contribution in [0.5, 0.6) is 5.75 Å². The number of aliphatic carboxylic acids is 1. The molecule has 132 valence electrons. The molecule has 1 atom stereocenters. The third-order valence-corrected chi connectivity index (χ3v) is 3.90. The molecule has 0 aliphatic heterocycles. The minimum absolute atomic E-state index is 0.00549. The van der Waals surface area contributed by atoms with E-state index in [0.717, 1.165) is 5.56 Å². The smallest absolute Gasteiger partial charge is 0.326 e. The van der Waals surface area contributed by atoms with Gasteiger partial charge in [-0.25, -0.2) is 4.79 Å². The Hall–Kier alpha value is -2.53. The largest absolute Gasteiger partial charge is 0.492 e. The van der Waals surface area contributed by atoms with Crippen molar-refractivity contribution in [1.82, 2.24) is 5.32 Å². The zero-order valence-electron chi connectivity index (χ0n) is 13.9. The van der Waals surface area contributed by atoms with Gasteiger partial charge in [0.15, 0.2) is 0 Å². The Morgan fingerprint density at radius 3 is 2.52 bits per heavy atom. The Balaban J connectivity index is 2.07. The Kier molecular flexibility index (Phi) is 6.83. The van der Waals surface area contributed by atoms with Gasteiger partial charge >= 0.3 is 5.97 Å². The van der Waals surface area contributed by atoms with Gasteiger partial charge in [-0.1, -0.05) is 54.1 Å². The molecule has 0 aromatic heterocycles. The van der Waals surface area contributed by atoms with E-state index in [9.17, 15) is 14.7 Å². The van der Waals surface area contributed by atoms with Crippen molar-refractivity contribution in [2.45, 2.75) is 25.8 Å². The van der Waals surface area contributed by atoms with E-state index in [2.05, 4.69) is 5.32 Å². The molecule has 2 aromatic rings. The lowest BCUT2D eigenvalue weighted by Crippen LogP contribution is -2.43. The number of carboxylic acid groups (broad SMARTS) is 1. The second-order valence-corrected chi connectivity index (χ2v) is 5.89. The van der Waals surface area contributed by atoms with Crippen LogP contribution < -0.4 is 10.1 Å². The number of amides is 1. The summed E-state index contributed by atoms with van der Waals surface area (Å²) < 4.78 is 5.49. The number of carbonyl (C=O) groups is 2. The second kappa shape index (κ2) is 9.08. The number of ether oxygens (including phenoxy) is 1. The molecule has 6 heteroatoms. The highest BCUT2D eigenvalue weighted by Crippen LogP contribution is 2.29. The molecular formula is C19H20ClNO4. The number of nitrogens with one attached hydrogen (secondary N) is 1. The average molecular weight is 362 g/mol. The van der Waals surface area contributed by atoms with E-state index >= 15 is 0 Å². The van der Waals surface area contributed by atoms with Crippen molar-refractivity contribution in [2.24, 2.45) is 0 Å². The van der Waals surface area contributed by atoms with Gasteiger partial charge in [0, 0.05) is 12.0 Å². The Labute approximate surface area is 151 Å². The van der Waals surface area contributed by atoms with E-state index < -0.39 is 17.9 Å². The highest BCUT2D eigenvalue weighted by molar-refractivity contribution is 6.32. The molecule has 2 aromatic carbocycles. The molecule has 1 amide bonds. The molecule has 0 saturated heterocycles. The Morgan fingerprint density at radius 1 is 1.16 bits per heavy atom. The van der Waals surface area contributed by atoms with E-state index in [1.807, 2.05) is 37.3 Å². The Morgan fingerprint density at radius 2 is 1.88 bits per heavy atom. The summed E-state index contributed by atoms with van der Waals surface area (Å²) in [5.41, 5.74) is 1.46. The van der Waals surface area contributed by atoms with Crippen LogP contribution in [-0.4, -0.2) is 29.6 Å². The number of rotatable bonds is 8. The molecule has 0 aliphatic rings. The third kappa shape index (κ3) is 5.50. The van der Waals surface area contributed by atoms with Crippen molar-refractivity contribution in [3.8, 4) is 5.75 Å². The summed E-state index contributed by atoms with van der Waals surface area (Å²) in [5, 5.41) is 12.4. The van der Waals surface area contributed by atoms with Crippen LogP contribution in [0, 0.1) is 0 Å². The van der Waals surface area contributed by atoms with E-state index in [4.69, 9.17) is 16.3 Å². The summed E-state index contributed by atoms with van der Waals surface area (Å²) in [4.78, 5) is 23.8.